The van der Waals surface area contributed by atoms with Gasteiger partial charge in [0.2, 0.25) is 11.7 Å². The topological polar surface area (TPSA) is 79.5 Å². The number of amidine groups is 1. The van der Waals surface area contributed by atoms with Gasteiger partial charge in [-0.25, -0.2) is 9.98 Å². The molecule has 0 bridgehead atoms. The summed E-state index contributed by atoms with van der Waals surface area (Å²) in [5.41, 5.74) is 6.10. The van der Waals surface area contributed by atoms with Crippen LogP contribution in [0, 0.1) is 11.5 Å². The van der Waals surface area contributed by atoms with E-state index < -0.39 is 8.07 Å². The molecule has 1 unspecified atom stereocenters. The summed E-state index contributed by atoms with van der Waals surface area (Å²) in [5.74, 6) is 3.61. The molecule has 0 saturated carbocycles. The number of rotatable bonds is 5. The summed E-state index contributed by atoms with van der Waals surface area (Å²) in [5, 5.41) is 2.96. The Morgan fingerprint density at radius 3 is 2.75 bits per heavy atom. The summed E-state index contributed by atoms with van der Waals surface area (Å²) in [6.07, 6.45) is 3.14. The second-order valence-corrected chi connectivity index (χ2v) is 14.0. The molecule has 0 saturated heterocycles. The van der Waals surface area contributed by atoms with Crippen LogP contribution in [0.1, 0.15) is 22.9 Å². The highest BCUT2D eigenvalue weighted by molar-refractivity contribution is 7.98. The van der Waals surface area contributed by atoms with Crippen LogP contribution in [0.5, 0.6) is 0 Å². The lowest BCUT2D eigenvalue weighted by molar-refractivity contribution is -0.115. The summed E-state index contributed by atoms with van der Waals surface area (Å²) >= 11 is 1.37. The van der Waals surface area contributed by atoms with Crippen LogP contribution in [-0.2, 0) is 4.79 Å². The van der Waals surface area contributed by atoms with Crippen molar-refractivity contribution in [2.24, 2.45) is 4.99 Å². The van der Waals surface area contributed by atoms with Crippen LogP contribution in [0.15, 0.2) is 75.3 Å². The molecular weight excluding hydrogens is 436 g/mol. The predicted octanol–water partition coefficient (Wildman–Crippen LogP) is 4.49. The highest BCUT2D eigenvalue weighted by Crippen LogP contribution is 2.32. The molecule has 32 heavy (non-hydrogen) atoms. The zero-order chi connectivity index (χ0) is 22.6. The van der Waals surface area contributed by atoms with Gasteiger partial charge in [0.15, 0.2) is 0 Å². The SMILES string of the molecule is C[Si](C)(C)C#Cc1ccc2c(c1)SNC(C(=O)NCC(c1ccccc1)c1ncco1)=N2. The highest BCUT2D eigenvalue weighted by Gasteiger charge is 2.23. The predicted molar refractivity (Wildman–Crippen MR) is 131 cm³/mol. The largest absolute Gasteiger partial charge is 0.448 e. The molecule has 4 rings (SSSR count). The van der Waals surface area contributed by atoms with Crippen molar-refractivity contribution < 1.29 is 9.21 Å². The Hall–Kier alpha value is -3.28. The van der Waals surface area contributed by atoms with Crippen LogP contribution in [-0.4, -0.2) is 31.3 Å². The van der Waals surface area contributed by atoms with Gasteiger partial charge >= 0.3 is 0 Å². The first-order chi connectivity index (χ1) is 15.4. The lowest BCUT2D eigenvalue weighted by Gasteiger charge is -2.18. The number of benzene rings is 2. The van der Waals surface area contributed by atoms with Crippen LogP contribution in [0.3, 0.4) is 0 Å². The zero-order valence-electron chi connectivity index (χ0n) is 18.2. The Labute approximate surface area is 193 Å². The molecule has 1 amide bonds. The molecular formula is C24H24N4O2SSi. The molecule has 2 N–H and O–H groups in total. The Kier molecular flexibility index (Phi) is 6.49. The van der Waals surface area contributed by atoms with Gasteiger partial charge < -0.3 is 14.5 Å². The molecule has 1 atom stereocenters. The van der Waals surface area contributed by atoms with Crippen LogP contribution < -0.4 is 10.0 Å². The Bertz CT molecular complexity index is 1190. The minimum absolute atomic E-state index is 0.188. The molecule has 0 aliphatic carbocycles. The Balaban J connectivity index is 1.47. The maximum atomic E-state index is 12.8. The number of nitrogens with zero attached hydrogens (tertiary/aromatic N) is 2. The third-order valence-electron chi connectivity index (χ3n) is 4.66. The molecule has 1 aliphatic heterocycles. The van der Waals surface area contributed by atoms with Gasteiger partial charge in [0.1, 0.15) is 14.3 Å². The van der Waals surface area contributed by atoms with Crippen molar-refractivity contribution in [3.8, 4) is 11.5 Å². The highest BCUT2D eigenvalue weighted by atomic mass is 32.2. The average molecular weight is 461 g/mol. The number of hydrogen-bond acceptors (Lipinski definition) is 6. The van der Waals surface area contributed by atoms with Crippen LogP contribution in [0.4, 0.5) is 5.69 Å². The molecule has 0 spiro atoms. The summed E-state index contributed by atoms with van der Waals surface area (Å²) in [6.45, 7) is 6.99. The third kappa shape index (κ3) is 5.49. The lowest BCUT2D eigenvalue weighted by atomic mass is 9.99. The quantitative estimate of drug-likeness (QED) is 0.333. The monoisotopic (exact) mass is 460 g/mol. The second-order valence-electron chi connectivity index (χ2n) is 8.39. The van der Waals surface area contributed by atoms with Gasteiger partial charge in [0, 0.05) is 12.1 Å². The number of hydrogen-bond donors (Lipinski definition) is 2. The van der Waals surface area contributed by atoms with Gasteiger partial charge in [-0.15, -0.1) is 5.54 Å². The molecule has 8 heteroatoms. The molecule has 1 aliphatic rings. The van der Waals surface area contributed by atoms with Crippen molar-refractivity contribution in [2.45, 2.75) is 30.5 Å². The van der Waals surface area contributed by atoms with E-state index in [0.29, 0.717) is 12.4 Å². The molecule has 1 aromatic heterocycles. The van der Waals surface area contributed by atoms with E-state index >= 15 is 0 Å². The minimum Gasteiger partial charge on any atom is -0.448 e. The number of carbonyl (C=O) groups is 1. The van der Waals surface area contributed by atoms with E-state index in [4.69, 9.17) is 4.42 Å². The van der Waals surface area contributed by atoms with E-state index in [1.165, 1.54) is 18.2 Å². The maximum Gasteiger partial charge on any atom is 0.287 e. The van der Waals surface area contributed by atoms with Crippen molar-refractivity contribution in [1.29, 1.82) is 0 Å². The number of fused-ring (bicyclic) bond motifs is 1. The fraction of sp³-hybridized carbons (Fsp3) is 0.208. The Morgan fingerprint density at radius 2 is 2.03 bits per heavy atom. The van der Waals surface area contributed by atoms with Crippen molar-refractivity contribution in [2.75, 3.05) is 6.54 Å². The number of aliphatic imine (C=N–C) groups is 1. The van der Waals surface area contributed by atoms with Gasteiger partial charge in [-0.05, 0) is 35.7 Å². The summed E-state index contributed by atoms with van der Waals surface area (Å²) in [7, 11) is -1.44. The molecule has 2 heterocycles. The number of carbonyl (C=O) groups excluding carboxylic acids is 1. The Morgan fingerprint density at radius 1 is 1.22 bits per heavy atom. The molecule has 6 nitrogen and oxygen atoms in total. The second kappa shape index (κ2) is 9.47. The lowest BCUT2D eigenvalue weighted by Crippen LogP contribution is -2.40. The van der Waals surface area contributed by atoms with Crippen molar-refractivity contribution in [3.05, 3.63) is 78.0 Å². The van der Waals surface area contributed by atoms with Gasteiger partial charge in [0.05, 0.1) is 22.7 Å². The third-order valence-corrected chi connectivity index (χ3v) is 6.38. The minimum atomic E-state index is -1.44. The standard InChI is InChI=1S/C24H24N4O2SSi/c1-32(2,3)14-11-17-9-10-20-21(15-17)31-28-22(27-20)23(29)26-16-19(24-25-12-13-30-24)18-7-5-4-6-8-18/h4-10,12-13,15,19H,16H2,1-3H3,(H,26,29)(H,27,28). The van der Waals surface area contributed by atoms with E-state index in [1.54, 1.807) is 6.20 Å². The normalized spacial score (nSPS) is 13.7. The molecule has 0 radical (unpaired) electrons. The van der Waals surface area contributed by atoms with Gasteiger partial charge in [-0.1, -0.05) is 55.9 Å². The zero-order valence-corrected chi connectivity index (χ0v) is 20.0. The van der Waals surface area contributed by atoms with E-state index in [-0.39, 0.29) is 17.7 Å². The number of amides is 1. The summed E-state index contributed by atoms with van der Waals surface area (Å²) in [6, 6.07) is 15.7. The molecule has 162 valence electrons. The fourth-order valence-electron chi connectivity index (χ4n) is 3.09. The maximum absolute atomic E-state index is 12.8. The first kappa shape index (κ1) is 21.9. The molecule has 0 fully saturated rings. The van der Waals surface area contributed by atoms with Crippen LogP contribution in [0.25, 0.3) is 0 Å². The van der Waals surface area contributed by atoms with Crippen molar-refractivity contribution in [3.63, 3.8) is 0 Å². The van der Waals surface area contributed by atoms with E-state index in [0.717, 1.165) is 21.7 Å². The van der Waals surface area contributed by atoms with E-state index in [1.807, 2.05) is 48.5 Å². The number of oxazole rings is 1. The number of nitrogens with one attached hydrogen (secondary N) is 2. The van der Waals surface area contributed by atoms with Gasteiger partial charge in [-0.3, -0.25) is 4.79 Å². The first-order valence-corrected chi connectivity index (χ1v) is 14.6. The van der Waals surface area contributed by atoms with E-state index in [9.17, 15) is 4.79 Å². The van der Waals surface area contributed by atoms with Crippen LogP contribution >= 0.6 is 11.9 Å². The van der Waals surface area contributed by atoms with Gasteiger partial charge in [-0.2, -0.15) is 0 Å². The van der Waals surface area contributed by atoms with Crippen molar-refractivity contribution in [1.82, 2.24) is 15.0 Å². The smallest absolute Gasteiger partial charge is 0.287 e. The average Bonchev–Trinajstić information content (AvgIpc) is 3.32. The molecule has 3 aromatic rings. The number of aromatic nitrogens is 1. The fourth-order valence-corrected chi connectivity index (χ4v) is 4.36. The van der Waals surface area contributed by atoms with E-state index in [2.05, 4.69) is 51.1 Å². The van der Waals surface area contributed by atoms with Gasteiger partial charge in [0.25, 0.3) is 5.91 Å². The van der Waals surface area contributed by atoms with Crippen LogP contribution in [0.2, 0.25) is 19.6 Å². The first-order valence-electron chi connectivity index (χ1n) is 10.3. The molecule has 2 aromatic carbocycles. The summed E-state index contributed by atoms with van der Waals surface area (Å²) < 4.78 is 8.55. The van der Waals surface area contributed by atoms with Crippen molar-refractivity contribution >= 4 is 37.5 Å². The summed E-state index contributed by atoms with van der Waals surface area (Å²) in [4.78, 5) is 22.5.